The first-order valence-electron chi connectivity index (χ1n) is 6.26. The van der Waals surface area contributed by atoms with Gasteiger partial charge < -0.3 is 0 Å². The number of ketones is 2. The lowest BCUT2D eigenvalue weighted by molar-refractivity contribution is -0.389. The van der Waals surface area contributed by atoms with Crippen molar-refractivity contribution in [2.75, 3.05) is 0 Å². The molecule has 0 spiro atoms. The molecule has 2 rings (SSSR count). The number of carbonyl (C=O) groups excluding carboxylic acids is 2. The molecule has 0 radical (unpaired) electrons. The lowest BCUT2D eigenvalue weighted by atomic mass is 9.83. The van der Waals surface area contributed by atoms with Crippen LogP contribution in [-0.2, 0) is 0 Å². The van der Waals surface area contributed by atoms with Gasteiger partial charge in [0.15, 0.2) is 11.6 Å². The van der Waals surface area contributed by atoms with Crippen LogP contribution in [0, 0.1) is 0 Å². The van der Waals surface area contributed by atoms with Crippen molar-refractivity contribution < 1.29 is 49.1 Å². The maximum absolute atomic E-state index is 13.9. The highest BCUT2D eigenvalue weighted by Gasteiger charge is 2.82. The Labute approximate surface area is 132 Å². The first-order chi connectivity index (χ1) is 11.2. The summed E-state index contributed by atoms with van der Waals surface area (Å²) in [7, 11) is 0. The zero-order valence-corrected chi connectivity index (χ0v) is 11.6. The van der Waals surface area contributed by atoms with Crippen LogP contribution in [0.2, 0.25) is 0 Å². The standard InChI is InChI=1S/C14H5F9O2/c15-11(16,12(17,18)13(19,20)14(21,22)23)8-5-9(24)6-3-1-2-4-7(6)10(8)25/h1-5H. The second-order valence-corrected chi connectivity index (χ2v) is 5.02. The van der Waals surface area contributed by atoms with Crippen LogP contribution in [0.25, 0.3) is 0 Å². The Balaban J connectivity index is 2.61. The zero-order valence-electron chi connectivity index (χ0n) is 11.6. The minimum atomic E-state index is -7.15. The molecular weight excluding hydrogens is 371 g/mol. The van der Waals surface area contributed by atoms with Crippen LogP contribution in [0.1, 0.15) is 20.7 Å². The van der Waals surface area contributed by atoms with Gasteiger partial charge in [0.05, 0.1) is 5.57 Å². The highest BCUT2D eigenvalue weighted by molar-refractivity contribution is 6.25. The van der Waals surface area contributed by atoms with Crippen LogP contribution in [-0.4, -0.2) is 35.5 Å². The van der Waals surface area contributed by atoms with E-state index in [2.05, 4.69) is 0 Å². The van der Waals surface area contributed by atoms with Crippen LogP contribution in [0.3, 0.4) is 0 Å². The topological polar surface area (TPSA) is 34.1 Å². The monoisotopic (exact) mass is 376 g/mol. The van der Waals surface area contributed by atoms with Crippen molar-refractivity contribution in [3.8, 4) is 0 Å². The number of hydrogen-bond donors (Lipinski definition) is 0. The van der Waals surface area contributed by atoms with Crippen molar-refractivity contribution in [1.82, 2.24) is 0 Å². The molecule has 136 valence electrons. The molecule has 0 bridgehead atoms. The fraction of sp³-hybridized carbons (Fsp3) is 0.286. The minimum Gasteiger partial charge on any atom is -0.289 e. The summed E-state index contributed by atoms with van der Waals surface area (Å²) in [6.07, 6.45) is -7.37. The van der Waals surface area contributed by atoms with Gasteiger partial charge >= 0.3 is 23.9 Å². The zero-order chi connectivity index (χ0) is 19.4. The van der Waals surface area contributed by atoms with Crippen molar-refractivity contribution in [3.63, 3.8) is 0 Å². The van der Waals surface area contributed by atoms with Gasteiger partial charge in [-0.2, -0.15) is 39.5 Å². The molecule has 1 aliphatic rings. The number of fused-ring (bicyclic) bond motifs is 1. The predicted octanol–water partition coefficient (Wildman–Crippen LogP) is 4.46. The van der Waals surface area contributed by atoms with Crippen LogP contribution in [0.5, 0.6) is 0 Å². The summed E-state index contributed by atoms with van der Waals surface area (Å²) in [5.74, 6) is -23.8. The fourth-order valence-electron chi connectivity index (χ4n) is 2.09. The van der Waals surface area contributed by atoms with E-state index in [4.69, 9.17) is 0 Å². The van der Waals surface area contributed by atoms with Crippen LogP contribution >= 0.6 is 0 Å². The summed E-state index contributed by atoms with van der Waals surface area (Å²) in [5.41, 5.74) is -3.72. The molecule has 0 unspecified atom stereocenters. The van der Waals surface area contributed by atoms with Gasteiger partial charge in [0, 0.05) is 11.1 Å². The fourth-order valence-corrected chi connectivity index (χ4v) is 2.09. The smallest absolute Gasteiger partial charge is 0.289 e. The third-order valence-electron chi connectivity index (χ3n) is 3.44. The number of rotatable bonds is 3. The number of benzene rings is 1. The number of hydrogen-bond acceptors (Lipinski definition) is 2. The Kier molecular flexibility index (Phi) is 4.05. The van der Waals surface area contributed by atoms with Crippen LogP contribution < -0.4 is 0 Å². The largest absolute Gasteiger partial charge is 0.460 e. The van der Waals surface area contributed by atoms with E-state index in [1.165, 1.54) is 6.07 Å². The number of carbonyl (C=O) groups is 2. The van der Waals surface area contributed by atoms with E-state index in [-0.39, 0.29) is 6.08 Å². The predicted molar refractivity (Wildman–Crippen MR) is 64.1 cm³/mol. The summed E-state index contributed by atoms with van der Waals surface area (Å²) in [4.78, 5) is 23.5. The highest BCUT2D eigenvalue weighted by atomic mass is 19.4. The summed E-state index contributed by atoms with van der Waals surface area (Å²) in [5, 5.41) is 0. The molecule has 0 N–H and O–H groups in total. The molecule has 0 fully saturated rings. The molecular formula is C14H5F9O2. The third-order valence-corrected chi connectivity index (χ3v) is 3.44. The maximum Gasteiger partial charge on any atom is 0.460 e. The van der Waals surface area contributed by atoms with E-state index in [9.17, 15) is 49.1 Å². The number of allylic oxidation sites excluding steroid dienone is 2. The lowest BCUT2D eigenvalue weighted by Crippen LogP contribution is -2.62. The third kappa shape index (κ3) is 2.52. The quantitative estimate of drug-likeness (QED) is 0.730. The Morgan fingerprint density at radius 2 is 1.16 bits per heavy atom. The van der Waals surface area contributed by atoms with E-state index in [1.54, 1.807) is 0 Å². The number of Topliss-reactive ketones (excluding diaryl/α,β-unsaturated/α-hetero) is 1. The molecule has 0 aliphatic heterocycles. The average Bonchev–Trinajstić information content (AvgIpc) is 2.49. The van der Waals surface area contributed by atoms with Gasteiger partial charge in [-0.15, -0.1) is 0 Å². The molecule has 11 heteroatoms. The van der Waals surface area contributed by atoms with Gasteiger partial charge in [0.1, 0.15) is 0 Å². The van der Waals surface area contributed by atoms with E-state index in [1.807, 2.05) is 0 Å². The highest BCUT2D eigenvalue weighted by Crippen LogP contribution is 2.55. The molecule has 0 amide bonds. The van der Waals surface area contributed by atoms with E-state index in [0.717, 1.165) is 18.2 Å². The summed E-state index contributed by atoms with van der Waals surface area (Å²) in [6.45, 7) is 0. The first-order valence-corrected chi connectivity index (χ1v) is 6.26. The molecule has 25 heavy (non-hydrogen) atoms. The molecule has 0 heterocycles. The van der Waals surface area contributed by atoms with Gasteiger partial charge in [0.2, 0.25) is 0 Å². The summed E-state index contributed by atoms with van der Waals surface area (Å²) in [6, 6.07) is 4.02. The normalized spacial score (nSPS) is 16.6. The van der Waals surface area contributed by atoms with Gasteiger partial charge in [-0.3, -0.25) is 9.59 Å². The van der Waals surface area contributed by atoms with Gasteiger partial charge in [0.25, 0.3) is 0 Å². The molecule has 0 aromatic heterocycles. The Bertz CT molecular complexity index is 775. The molecule has 0 saturated heterocycles. The molecule has 1 aliphatic carbocycles. The molecule has 2 nitrogen and oxygen atoms in total. The van der Waals surface area contributed by atoms with Crippen LogP contribution in [0.15, 0.2) is 35.9 Å². The second-order valence-electron chi connectivity index (χ2n) is 5.02. The van der Waals surface area contributed by atoms with Crippen molar-refractivity contribution in [2.45, 2.75) is 23.9 Å². The average molecular weight is 376 g/mol. The Morgan fingerprint density at radius 1 is 0.680 bits per heavy atom. The van der Waals surface area contributed by atoms with E-state index >= 15 is 0 Å². The lowest BCUT2D eigenvalue weighted by Gasteiger charge is -2.35. The van der Waals surface area contributed by atoms with E-state index in [0.29, 0.717) is 0 Å². The van der Waals surface area contributed by atoms with Crippen molar-refractivity contribution in [3.05, 3.63) is 47.0 Å². The molecule has 0 atom stereocenters. The molecule has 1 aromatic rings. The SMILES string of the molecule is O=C1C=C(C(F)(F)C(F)(F)C(F)(F)C(F)(F)F)C(=O)c2ccccc21. The van der Waals surface area contributed by atoms with Gasteiger partial charge in [-0.1, -0.05) is 24.3 Å². The Morgan fingerprint density at radius 3 is 1.64 bits per heavy atom. The summed E-state index contributed by atoms with van der Waals surface area (Å²) < 4.78 is 117. The second kappa shape index (κ2) is 5.33. The van der Waals surface area contributed by atoms with Gasteiger partial charge in [-0.25, -0.2) is 0 Å². The van der Waals surface area contributed by atoms with Crippen molar-refractivity contribution >= 4 is 11.6 Å². The Hall–Kier alpha value is -2.33. The molecule has 1 aromatic carbocycles. The maximum atomic E-state index is 13.9. The molecule has 0 saturated carbocycles. The number of alkyl halides is 9. The first kappa shape index (κ1) is 19.0. The van der Waals surface area contributed by atoms with Crippen molar-refractivity contribution in [1.29, 1.82) is 0 Å². The van der Waals surface area contributed by atoms with Crippen molar-refractivity contribution in [2.24, 2.45) is 0 Å². The van der Waals surface area contributed by atoms with Crippen LogP contribution in [0.4, 0.5) is 39.5 Å². The van der Waals surface area contributed by atoms with Gasteiger partial charge in [-0.05, 0) is 6.08 Å². The number of halogens is 9. The van der Waals surface area contributed by atoms with E-state index < -0.39 is 52.2 Å². The summed E-state index contributed by atoms with van der Waals surface area (Å²) >= 11 is 0. The minimum absolute atomic E-state index is 0.356.